The quantitative estimate of drug-likeness (QED) is 0.463. The number of aryl methyl sites for hydroxylation is 1. The number of aromatic nitrogens is 2. The third-order valence-electron chi connectivity index (χ3n) is 3.52. The van der Waals surface area contributed by atoms with Gasteiger partial charge in [0.25, 0.3) is 10.1 Å². The Labute approximate surface area is 165 Å². The van der Waals surface area contributed by atoms with Crippen LogP contribution in [0.25, 0.3) is 11.4 Å². The Bertz CT molecular complexity index is 955. The van der Waals surface area contributed by atoms with E-state index in [1.165, 1.54) is 35.9 Å². The average molecular weight is 436 g/mol. The molecule has 0 saturated heterocycles. The van der Waals surface area contributed by atoms with Crippen molar-refractivity contribution in [2.75, 3.05) is 19.5 Å². The minimum absolute atomic E-state index is 0.128. The summed E-state index contributed by atoms with van der Waals surface area (Å²) in [6.07, 6.45) is -3.76. The lowest BCUT2D eigenvalue weighted by molar-refractivity contribution is -0.149. The van der Waals surface area contributed by atoms with E-state index in [9.17, 15) is 26.4 Å². The van der Waals surface area contributed by atoms with Crippen LogP contribution in [0.2, 0.25) is 0 Å². The van der Waals surface area contributed by atoms with E-state index in [-0.39, 0.29) is 12.4 Å². The zero-order valence-corrected chi connectivity index (χ0v) is 16.6. The molecule has 2 rings (SSSR count). The zero-order chi connectivity index (χ0) is 21.8. The Morgan fingerprint density at radius 1 is 1.21 bits per heavy atom. The van der Waals surface area contributed by atoms with E-state index in [0.717, 1.165) is 19.4 Å². The highest BCUT2D eigenvalue weighted by molar-refractivity contribution is 7.85. The Morgan fingerprint density at radius 2 is 1.83 bits per heavy atom. The van der Waals surface area contributed by atoms with E-state index in [2.05, 4.69) is 9.17 Å². The van der Waals surface area contributed by atoms with Crippen molar-refractivity contribution in [3.05, 3.63) is 36.2 Å². The Morgan fingerprint density at radius 3 is 2.31 bits per heavy atom. The minimum Gasteiger partial charge on any atom is -0.490 e. The molecule has 1 atom stereocenters. The van der Waals surface area contributed by atoms with Gasteiger partial charge in [0.2, 0.25) is 0 Å². The molecule has 12 heteroatoms. The summed E-state index contributed by atoms with van der Waals surface area (Å²) >= 11 is 0. The van der Waals surface area contributed by atoms with Crippen LogP contribution in [-0.2, 0) is 37.1 Å². The number of esters is 1. The van der Waals surface area contributed by atoms with Crippen molar-refractivity contribution >= 4 is 16.1 Å². The molecule has 1 heterocycles. The maximum atomic E-state index is 12.8. The summed E-state index contributed by atoms with van der Waals surface area (Å²) in [4.78, 5) is 14.7. The van der Waals surface area contributed by atoms with E-state index < -0.39 is 40.7 Å². The van der Waals surface area contributed by atoms with Crippen molar-refractivity contribution in [3.8, 4) is 17.1 Å². The molecule has 0 fully saturated rings. The highest BCUT2D eigenvalue weighted by atomic mass is 32.2. The van der Waals surface area contributed by atoms with Crippen molar-refractivity contribution in [1.82, 2.24) is 9.55 Å². The van der Waals surface area contributed by atoms with Crippen molar-refractivity contribution in [2.24, 2.45) is 7.05 Å². The first kappa shape index (κ1) is 22.7. The molecule has 0 amide bonds. The summed E-state index contributed by atoms with van der Waals surface area (Å²) in [6.45, 7) is 0.559. The third-order valence-corrected chi connectivity index (χ3v) is 4.08. The summed E-state index contributed by atoms with van der Waals surface area (Å²) in [5.41, 5.74) is -0.558. The second-order valence-corrected chi connectivity index (χ2v) is 7.76. The molecule has 0 spiro atoms. The van der Waals surface area contributed by atoms with Gasteiger partial charge in [0.05, 0.1) is 6.26 Å². The van der Waals surface area contributed by atoms with E-state index in [1.807, 2.05) is 0 Å². The van der Waals surface area contributed by atoms with Gasteiger partial charge in [-0.15, -0.1) is 0 Å². The number of carbonyl (C=O) groups is 1. The highest BCUT2D eigenvalue weighted by Gasteiger charge is 2.34. The molecule has 0 saturated carbocycles. The molecule has 2 aromatic rings. The van der Waals surface area contributed by atoms with Crippen molar-refractivity contribution in [1.29, 1.82) is 0 Å². The monoisotopic (exact) mass is 436 g/mol. The number of hydrogen-bond donors (Lipinski definition) is 0. The van der Waals surface area contributed by atoms with E-state index >= 15 is 0 Å². The molecule has 1 aromatic carbocycles. The van der Waals surface area contributed by atoms with Crippen molar-refractivity contribution in [2.45, 2.75) is 19.2 Å². The first-order chi connectivity index (χ1) is 13.3. The number of hydrogen-bond acceptors (Lipinski definition) is 7. The summed E-state index contributed by atoms with van der Waals surface area (Å²) in [7, 11) is -2.27. The van der Waals surface area contributed by atoms with Gasteiger partial charge in [0.15, 0.2) is 11.8 Å². The van der Waals surface area contributed by atoms with Crippen LogP contribution in [-0.4, -0.2) is 49.5 Å². The number of ether oxygens (including phenoxy) is 2. The SMILES string of the molecule is CC(=O)O[C@@H](COc1ccc(-c2nc(C(F)(F)F)cn2C)cc1)COS(C)(=O)=O. The van der Waals surface area contributed by atoms with Crippen LogP contribution in [0.5, 0.6) is 5.75 Å². The lowest BCUT2D eigenvalue weighted by Crippen LogP contribution is -2.30. The Kier molecular flexibility index (Phi) is 6.90. The van der Waals surface area contributed by atoms with E-state index in [1.54, 1.807) is 0 Å². The maximum absolute atomic E-state index is 12.8. The normalized spacial score (nSPS) is 13.2. The molecule has 29 heavy (non-hydrogen) atoms. The topological polar surface area (TPSA) is 96.7 Å². The fraction of sp³-hybridized carbons (Fsp3) is 0.412. The van der Waals surface area contributed by atoms with Gasteiger partial charge >= 0.3 is 12.1 Å². The van der Waals surface area contributed by atoms with Crippen LogP contribution in [0.1, 0.15) is 12.6 Å². The highest BCUT2D eigenvalue weighted by Crippen LogP contribution is 2.31. The lowest BCUT2D eigenvalue weighted by atomic mass is 10.2. The van der Waals surface area contributed by atoms with E-state index in [0.29, 0.717) is 11.3 Å². The van der Waals surface area contributed by atoms with Crippen LogP contribution < -0.4 is 4.74 Å². The molecular formula is C17H19F3N2O6S. The van der Waals surface area contributed by atoms with Gasteiger partial charge in [-0.3, -0.25) is 8.98 Å². The number of imidazole rings is 1. The Hall–Kier alpha value is -2.60. The molecule has 0 aliphatic rings. The largest absolute Gasteiger partial charge is 0.490 e. The molecule has 8 nitrogen and oxygen atoms in total. The van der Waals surface area contributed by atoms with Gasteiger partial charge in [-0.2, -0.15) is 21.6 Å². The maximum Gasteiger partial charge on any atom is 0.434 e. The molecular weight excluding hydrogens is 417 g/mol. The van der Waals surface area contributed by atoms with Gasteiger partial charge in [0.1, 0.15) is 24.8 Å². The van der Waals surface area contributed by atoms with Gasteiger partial charge < -0.3 is 14.0 Å². The minimum atomic E-state index is -4.54. The Balaban J connectivity index is 2.06. The first-order valence-corrected chi connectivity index (χ1v) is 10.0. The molecule has 0 aliphatic carbocycles. The van der Waals surface area contributed by atoms with Gasteiger partial charge in [-0.25, -0.2) is 4.98 Å². The predicted octanol–water partition coefficient (Wildman–Crippen LogP) is 2.39. The van der Waals surface area contributed by atoms with Crippen molar-refractivity contribution in [3.63, 3.8) is 0 Å². The number of alkyl halides is 3. The summed E-state index contributed by atoms with van der Waals surface area (Å²) in [5.74, 6) is -0.181. The number of rotatable bonds is 8. The standard InChI is InChI=1S/C17H19F3N2O6S/c1-11(23)28-14(10-27-29(3,24)25)9-26-13-6-4-12(5-7-13)16-21-15(8-22(16)2)17(18,19)20/h4-8,14H,9-10H2,1-3H3/t14-/m0/s1. The smallest absolute Gasteiger partial charge is 0.434 e. The lowest BCUT2D eigenvalue weighted by Gasteiger charge is -2.17. The molecule has 0 unspecified atom stereocenters. The molecule has 0 N–H and O–H groups in total. The molecule has 1 aromatic heterocycles. The van der Waals surface area contributed by atoms with Gasteiger partial charge in [0, 0.05) is 25.7 Å². The van der Waals surface area contributed by atoms with Crippen LogP contribution in [0.4, 0.5) is 13.2 Å². The second kappa shape index (κ2) is 8.82. The van der Waals surface area contributed by atoms with Crippen LogP contribution in [0.15, 0.2) is 30.5 Å². The summed E-state index contributed by atoms with van der Waals surface area (Å²) in [6, 6.07) is 6.04. The predicted molar refractivity (Wildman–Crippen MR) is 95.5 cm³/mol. The number of halogens is 3. The fourth-order valence-corrected chi connectivity index (χ4v) is 2.71. The van der Waals surface area contributed by atoms with Gasteiger partial charge in [-0.1, -0.05) is 0 Å². The fourth-order valence-electron chi connectivity index (χ4n) is 2.31. The number of carbonyl (C=O) groups excluding carboxylic acids is 1. The summed E-state index contributed by atoms with van der Waals surface area (Å²) < 4.78 is 76.8. The van der Waals surface area contributed by atoms with E-state index in [4.69, 9.17) is 9.47 Å². The van der Waals surface area contributed by atoms with Gasteiger partial charge in [-0.05, 0) is 24.3 Å². The van der Waals surface area contributed by atoms with Crippen LogP contribution in [0.3, 0.4) is 0 Å². The van der Waals surface area contributed by atoms with Crippen molar-refractivity contribution < 1.29 is 40.0 Å². The second-order valence-electron chi connectivity index (χ2n) is 6.11. The summed E-state index contributed by atoms with van der Waals surface area (Å²) in [5, 5.41) is 0. The molecule has 160 valence electrons. The first-order valence-electron chi connectivity index (χ1n) is 8.20. The van der Waals surface area contributed by atoms with Crippen LogP contribution in [0, 0.1) is 0 Å². The number of nitrogens with zero attached hydrogens (tertiary/aromatic N) is 2. The zero-order valence-electron chi connectivity index (χ0n) is 15.8. The molecule has 0 bridgehead atoms. The van der Waals surface area contributed by atoms with Crippen LogP contribution >= 0.6 is 0 Å². The molecule has 0 aliphatic heterocycles. The number of benzene rings is 1. The average Bonchev–Trinajstić information content (AvgIpc) is 2.99. The third kappa shape index (κ3) is 7.06. The molecule has 0 radical (unpaired) electrons.